The summed E-state index contributed by atoms with van der Waals surface area (Å²) in [6.45, 7) is 6.20. The zero-order valence-corrected chi connectivity index (χ0v) is 17.1. The highest BCUT2D eigenvalue weighted by atomic mass is 79.9. The highest BCUT2D eigenvalue weighted by molar-refractivity contribution is 9.10. The van der Waals surface area contributed by atoms with Crippen LogP contribution in [0, 0.1) is 13.8 Å². The first kappa shape index (κ1) is 19.7. The first-order valence-electron chi connectivity index (χ1n) is 8.92. The molecule has 1 aromatic heterocycles. The first-order chi connectivity index (χ1) is 12.0. The third-order valence-electron chi connectivity index (χ3n) is 4.56. The van der Waals surface area contributed by atoms with Crippen molar-refractivity contribution in [3.8, 4) is 5.75 Å². The zero-order chi connectivity index (χ0) is 18.4. The normalized spacial score (nSPS) is 10.9. The van der Waals surface area contributed by atoms with Crippen LogP contribution in [0.15, 0.2) is 22.7 Å². The highest BCUT2D eigenvalue weighted by Crippen LogP contribution is 2.26. The second kappa shape index (κ2) is 9.18. The molecule has 25 heavy (non-hydrogen) atoms. The first-order valence-corrected chi connectivity index (χ1v) is 9.72. The fraction of sp³-hybridized carbons (Fsp3) is 0.500. The molecule has 1 aromatic carbocycles. The number of aromatic nitrogens is 2. The molecule has 0 atom stereocenters. The van der Waals surface area contributed by atoms with Gasteiger partial charge < -0.3 is 4.74 Å². The van der Waals surface area contributed by atoms with Crippen molar-refractivity contribution in [2.75, 3.05) is 7.11 Å². The van der Waals surface area contributed by atoms with Gasteiger partial charge in [0.15, 0.2) is 0 Å². The van der Waals surface area contributed by atoms with Crippen LogP contribution in [0.4, 0.5) is 0 Å². The Morgan fingerprint density at radius 1 is 1.20 bits per heavy atom. The maximum atomic E-state index is 12.8. The van der Waals surface area contributed by atoms with E-state index in [2.05, 4.69) is 28.0 Å². The fourth-order valence-corrected chi connectivity index (χ4v) is 3.60. The van der Waals surface area contributed by atoms with E-state index in [4.69, 9.17) is 4.74 Å². The van der Waals surface area contributed by atoms with E-state index in [-0.39, 0.29) is 5.91 Å². The molecular weight excluding hydrogens is 380 g/mol. The lowest BCUT2D eigenvalue weighted by Gasteiger charge is -2.07. The molecule has 0 unspecified atom stereocenters. The third kappa shape index (κ3) is 4.72. The van der Waals surface area contributed by atoms with Gasteiger partial charge >= 0.3 is 0 Å². The van der Waals surface area contributed by atoms with Gasteiger partial charge in [-0.3, -0.25) is 4.79 Å². The molecule has 0 saturated heterocycles. The Bertz CT molecular complexity index is 738. The summed E-state index contributed by atoms with van der Waals surface area (Å²) in [5.41, 5.74) is 3.70. The van der Waals surface area contributed by atoms with Crippen LogP contribution in [-0.4, -0.2) is 22.8 Å². The topological polar surface area (TPSA) is 44.1 Å². The molecule has 0 saturated carbocycles. The number of hydrogen-bond donors (Lipinski definition) is 0. The molecule has 2 aromatic rings. The average molecular weight is 407 g/mol. The second-order valence-electron chi connectivity index (χ2n) is 6.38. The number of nitrogens with zero attached hydrogens (tertiary/aromatic N) is 2. The Labute approximate surface area is 158 Å². The van der Waals surface area contributed by atoms with Crippen molar-refractivity contribution >= 4 is 21.8 Å². The molecule has 0 bridgehead atoms. The minimum absolute atomic E-state index is 0.110. The van der Waals surface area contributed by atoms with E-state index in [0.29, 0.717) is 11.3 Å². The summed E-state index contributed by atoms with van der Waals surface area (Å²) in [4.78, 5) is 12.8. The predicted octanol–water partition coefficient (Wildman–Crippen LogP) is 5.47. The van der Waals surface area contributed by atoms with Crippen molar-refractivity contribution < 1.29 is 9.53 Å². The molecule has 0 amide bonds. The number of benzene rings is 1. The maximum absolute atomic E-state index is 12.8. The highest BCUT2D eigenvalue weighted by Gasteiger charge is 2.18. The molecule has 0 radical (unpaired) electrons. The molecule has 4 nitrogen and oxygen atoms in total. The quantitative estimate of drug-likeness (QED) is 0.545. The molecular formula is C20H27BrN2O2. The number of ether oxygens (including phenoxy) is 1. The summed E-state index contributed by atoms with van der Waals surface area (Å²) < 4.78 is 7.52. The lowest BCUT2D eigenvalue weighted by molar-refractivity contribution is 0.0942. The Kier molecular flexibility index (Phi) is 7.24. The van der Waals surface area contributed by atoms with Crippen molar-refractivity contribution in [3.63, 3.8) is 0 Å². The second-order valence-corrected chi connectivity index (χ2v) is 7.23. The standard InChI is InChI=1S/C20H27BrN2O2/c1-5-6-7-8-9-10-17-14(2)22-23(15(17)3)20(24)16-11-12-19(25-4)18(21)13-16/h11-13H,5-10H2,1-4H3. The smallest absolute Gasteiger partial charge is 0.278 e. The molecule has 0 aliphatic carbocycles. The number of rotatable bonds is 8. The van der Waals surface area contributed by atoms with Gasteiger partial charge in [0.05, 0.1) is 17.3 Å². The lowest BCUT2D eigenvalue weighted by Crippen LogP contribution is -2.15. The van der Waals surface area contributed by atoms with Crippen molar-refractivity contribution in [1.82, 2.24) is 9.78 Å². The van der Waals surface area contributed by atoms with Gasteiger partial charge in [0.1, 0.15) is 5.75 Å². The largest absolute Gasteiger partial charge is 0.496 e. The van der Waals surface area contributed by atoms with Crippen LogP contribution in [0.25, 0.3) is 0 Å². The van der Waals surface area contributed by atoms with Crippen LogP contribution in [0.2, 0.25) is 0 Å². The lowest BCUT2D eigenvalue weighted by atomic mass is 10.0. The van der Waals surface area contributed by atoms with E-state index in [9.17, 15) is 4.79 Å². The molecule has 0 N–H and O–H groups in total. The van der Waals surface area contributed by atoms with Crippen LogP contribution in [0.1, 0.15) is 66.3 Å². The fourth-order valence-electron chi connectivity index (χ4n) is 3.06. The number of hydrogen-bond acceptors (Lipinski definition) is 3. The van der Waals surface area contributed by atoms with E-state index < -0.39 is 0 Å². The SMILES string of the molecule is CCCCCCCc1c(C)nn(C(=O)c2ccc(OC)c(Br)c2)c1C. The van der Waals surface area contributed by atoms with E-state index >= 15 is 0 Å². The Morgan fingerprint density at radius 3 is 2.56 bits per heavy atom. The van der Waals surface area contributed by atoms with Crippen molar-refractivity contribution in [3.05, 3.63) is 45.2 Å². The molecule has 0 aliphatic rings. The molecule has 5 heteroatoms. The van der Waals surface area contributed by atoms with E-state index in [0.717, 1.165) is 28.7 Å². The van der Waals surface area contributed by atoms with Gasteiger partial charge in [0.2, 0.25) is 0 Å². The third-order valence-corrected chi connectivity index (χ3v) is 5.18. The summed E-state index contributed by atoms with van der Waals surface area (Å²) >= 11 is 3.43. The number of carbonyl (C=O) groups excluding carboxylic acids is 1. The molecule has 0 spiro atoms. The molecule has 0 aliphatic heterocycles. The van der Waals surface area contributed by atoms with Crippen molar-refractivity contribution in [1.29, 1.82) is 0 Å². The number of carbonyl (C=O) groups is 1. The van der Waals surface area contributed by atoms with Gasteiger partial charge in [-0.1, -0.05) is 32.6 Å². The minimum atomic E-state index is -0.110. The van der Waals surface area contributed by atoms with Crippen LogP contribution in [-0.2, 0) is 6.42 Å². The molecule has 2 rings (SSSR count). The monoisotopic (exact) mass is 406 g/mol. The Hall–Kier alpha value is -1.62. The number of methoxy groups -OCH3 is 1. The van der Waals surface area contributed by atoms with Crippen LogP contribution in [0.5, 0.6) is 5.75 Å². The summed E-state index contributed by atoms with van der Waals surface area (Å²) in [7, 11) is 1.61. The summed E-state index contributed by atoms with van der Waals surface area (Å²) in [6.07, 6.45) is 7.19. The van der Waals surface area contributed by atoms with Gasteiger partial charge in [-0.05, 0) is 66.4 Å². The van der Waals surface area contributed by atoms with Gasteiger partial charge in [-0.2, -0.15) is 5.10 Å². The van der Waals surface area contributed by atoms with Gasteiger partial charge in [-0.25, -0.2) is 4.68 Å². The average Bonchev–Trinajstić information content (AvgIpc) is 2.88. The van der Waals surface area contributed by atoms with Crippen LogP contribution >= 0.6 is 15.9 Å². The zero-order valence-electron chi connectivity index (χ0n) is 15.6. The van der Waals surface area contributed by atoms with E-state index in [1.807, 2.05) is 13.8 Å². The van der Waals surface area contributed by atoms with Crippen LogP contribution in [0.3, 0.4) is 0 Å². The molecule has 0 fully saturated rings. The maximum Gasteiger partial charge on any atom is 0.278 e. The molecule has 1 heterocycles. The Balaban J connectivity index is 2.15. The van der Waals surface area contributed by atoms with Gasteiger partial charge in [0, 0.05) is 11.3 Å². The summed E-state index contributed by atoms with van der Waals surface area (Å²) in [5, 5.41) is 4.49. The number of aryl methyl sites for hydroxylation is 1. The predicted molar refractivity (Wildman–Crippen MR) is 105 cm³/mol. The van der Waals surface area contributed by atoms with Crippen LogP contribution < -0.4 is 4.74 Å². The van der Waals surface area contributed by atoms with E-state index in [1.165, 1.54) is 35.9 Å². The number of unbranched alkanes of at least 4 members (excludes halogenated alkanes) is 4. The van der Waals surface area contributed by atoms with E-state index in [1.54, 1.807) is 25.3 Å². The Morgan fingerprint density at radius 2 is 1.92 bits per heavy atom. The van der Waals surface area contributed by atoms with Crippen molar-refractivity contribution in [2.24, 2.45) is 0 Å². The summed E-state index contributed by atoms with van der Waals surface area (Å²) in [5.74, 6) is 0.596. The number of halogens is 1. The minimum Gasteiger partial charge on any atom is -0.496 e. The van der Waals surface area contributed by atoms with Crippen molar-refractivity contribution in [2.45, 2.75) is 59.3 Å². The summed E-state index contributed by atoms with van der Waals surface area (Å²) in [6, 6.07) is 5.34. The van der Waals surface area contributed by atoms with Gasteiger partial charge in [-0.15, -0.1) is 0 Å². The van der Waals surface area contributed by atoms with Gasteiger partial charge in [0.25, 0.3) is 5.91 Å². The molecule has 136 valence electrons.